The SMILES string of the molecule is CC(C)(C)c1ccc(-c2cnc(CCC(=O)O)o2)cc1. The van der Waals surface area contributed by atoms with Crippen molar-refractivity contribution in [2.75, 3.05) is 0 Å². The molecule has 0 aliphatic carbocycles. The van der Waals surface area contributed by atoms with Crippen LogP contribution in [-0.4, -0.2) is 16.1 Å². The first-order chi connectivity index (χ1) is 9.36. The summed E-state index contributed by atoms with van der Waals surface area (Å²) in [7, 11) is 0. The summed E-state index contributed by atoms with van der Waals surface area (Å²) >= 11 is 0. The van der Waals surface area contributed by atoms with E-state index in [0.717, 1.165) is 5.56 Å². The van der Waals surface area contributed by atoms with Crippen LogP contribution < -0.4 is 0 Å². The first kappa shape index (κ1) is 14.3. The number of nitrogens with zero attached hydrogens (tertiary/aromatic N) is 1. The molecule has 1 N–H and O–H groups in total. The molecule has 0 fully saturated rings. The van der Waals surface area contributed by atoms with Crippen LogP contribution in [0.5, 0.6) is 0 Å². The Kier molecular flexibility index (Phi) is 3.93. The van der Waals surface area contributed by atoms with Crippen LogP contribution in [0.2, 0.25) is 0 Å². The van der Waals surface area contributed by atoms with Crippen molar-refractivity contribution in [3.63, 3.8) is 0 Å². The lowest BCUT2D eigenvalue weighted by Crippen LogP contribution is -2.10. The van der Waals surface area contributed by atoms with E-state index in [9.17, 15) is 4.79 Å². The van der Waals surface area contributed by atoms with E-state index in [1.807, 2.05) is 12.1 Å². The van der Waals surface area contributed by atoms with Gasteiger partial charge in [0.05, 0.1) is 12.6 Å². The van der Waals surface area contributed by atoms with E-state index in [1.54, 1.807) is 6.20 Å². The highest BCUT2D eigenvalue weighted by Gasteiger charge is 2.14. The van der Waals surface area contributed by atoms with Gasteiger partial charge >= 0.3 is 5.97 Å². The molecular formula is C16H19NO3. The van der Waals surface area contributed by atoms with Crippen LogP contribution in [0, 0.1) is 0 Å². The Morgan fingerprint density at radius 2 is 1.90 bits per heavy atom. The van der Waals surface area contributed by atoms with Crippen LogP contribution in [0.3, 0.4) is 0 Å². The van der Waals surface area contributed by atoms with E-state index in [-0.39, 0.29) is 11.8 Å². The lowest BCUT2D eigenvalue weighted by atomic mass is 9.86. The third-order valence-electron chi connectivity index (χ3n) is 3.14. The van der Waals surface area contributed by atoms with Gasteiger partial charge in [-0.1, -0.05) is 45.0 Å². The van der Waals surface area contributed by atoms with Gasteiger partial charge in [0.2, 0.25) is 0 Å². The summed E-state index contributed by atoms with van der Waals surface area (Å²) in [5.74, 6) is 0.285. The van der Waals surface area contributed by atoms with E-state index in [1.165, 1.54) is 5.56 Å². The minimum atomic E-state index is -0.848. The van der Waals surface area contributed by atoms with Gasteiger partial charge in [-0.05, 0) is 11.0 Å². The summed E-state index contributed by atoms with van der Waals surface area (Å²) in [6, 6.07) is 8.16. The number of aliphatic carboxylic acids is 1. The molecule has 0 radical (unpaired) electrons. The lowest BCUT2D eigenvalue weighted by Gasteiger charge is -2.18. The van der Waals surface area contributed by atoms with Crippen LogP contribution in [0.4, 0.5) is 0 Å². The van der Waals surface area contributed by atoms with Crippen molar-refractivity contribution in [3.05, 3.63) is 41.9 Å². The number of benzene rings is 1. The average Bonchev–Trinajstić information content (AvgIpc) is 2.84. The predicted octanol–water partition coefficient (Wildman–Crippen LogP) is 3.66. The maximum absolute atomic E-state index is 10.5. The second kappa shape index (κ2) is 5.49. The third kappa shape index (κ3) is 3.47. The molecule has 106 valence electrons. The van der Waals surface area contributed by atoms with E-state index in [0.29, 0.717) is 18.1 Å². The van der Waals surface area contributed by atoms with Gasteiger partial charge in [-0.25, -0.2) is 4.98 Å². The van der Waals surface area contributed by atoms with Crippen molar-refractivity contribution in [2.24, 2.45) is 0 Å². The highest BCUT2D eigenvalue weighted by molar-refractivity contribution is 5.66. The van der Waals surface area contributed by atoms with Gasteiger partial charge in [-0.15, -0.1) is 0 Å². The molecule has 1 aromatic carbocycles. The van der Waals surface area contributed by atoms with Gasteiger partial charge in [0.15, 0.2) is 11.7 Å². The highest BCUT2D eigenvalue weighted by Crippen LogP contribution is 2.26. The fourth-order valence-corrected chi connectivity index (χ4v) is 1.91. The van der Waals surface area contributed by atoms with Crippen LogP contribution in [-0.2, 0) is 16.6 Å². The van der Waals surface area contributed by atoms with Crippen LogP contribution in [0.1, 0.15) is 38.6 Å². The van der Waals surface area contributed by atoms with Gasteiger partial charge in [0, 0.05) is 12.0 Å². The van der Waals surface area contributed by atoms with E-state index < -0.39 is 5.97 Å². The van der Waals surface area contributed by atoms with Gasteiger partial charge in [-0.3, -0.25) is 4.79 Å². The number of rotatable bonds is 4. The molecule has 1 aromatic heterocycles. The molecule has 0 aliphatic rings. The molecule has 2 aromatic rings. The third-order valence-corrected chi connectivity index (χ3v) is 3.14. The molecule has 0 bridgehead atoms. The smallest absolute Gasteiger partial charge is 0.303 e. The number of aromatic nitrogens is 1. The summed E-state index contributed by atoms with van der Waals surface area (Å²) in [6.45, 7) is 6.50. The van der Waals surface area contributed by atoms with Crippen LogP contribution in [0.15, 0.2) is 34.9 Å². The maximum Gasteiger partial charge on any atom is 0.303 e. The van der Waals surface area contributed by atoms with E-state index in [2.05, 4.69) is 37.9 Å². The first-order valence-corrected chi connectivity index (χ1v) is 6.63. The molecule has 4 heteroatoms. The molecule has 0 spiro atoms. The Hall–Kier alpha value is -2.10. The summed E-state index contributed by atoms with van der Waals surface area (Å²) in [5.41, 5.74) is 2.33. The quantitative estimate of drug-likeness (QED) is 0.923. The lowest BCUT2D eigenvalue weighted by molar-refractivity contribution is -0.137. The van der Waals surface area contributed by atoms with Crippen molar-refractivity contribution in [2.45, 2.75) is 39.0 Å². The Labute approximate surface area is 118 Å². The van der Waals surface area contributed by atoms with Crippen molar-refractivity contribution in [1.29, 1.82) is 0 Å². The normalized spacial score (nSPS) is 11.6. The number of carboxylic acid groups (broad SMARTS) is 1. The van der Waals surface area contributed by atoms with Gasteiger partial charge in [0.1, 0.15) is 0 Å². The molecule has 4 nitrogen and oxygen atoms in total. The number of hydrogen-bond acceptors (Lipinski definition) is 3. The maximum atomic E-state index is 10.5. The molecule has 20 heavy (non-hydrogen) atoms. The van der Waals surface area contributed by atoms with Crippen LogP contribution >= 0.6 is 0 Å². The topological polar surface area (TPSA) is 63.3 Å². The second-order valence-electron chi connectivity index (χ2n) is 5.84. The van der Waals surface area contributed by atoms with Crippen molar-refractivity contribution < 1.29 is 14.3 Å². The average molecular weight is 273 g/mol. The monoisotopic (exact) mass is 273 g/mol. The van der Waals surface area contributed by atoms with Gasteiger partial charge < -0.3 is 9.52 Å². The fraction of sp³-hybridized carbons (Fsp3) is 0.375. The second-order valence-corrected chi connectivity index (χ2v) is 5.84. The van der Waals surface area contributed by atoms with Gasteiger partial charge in [0.25, 0.3) is 0 Å². The van der Waals surface area contributed by atoms with Crippen molar-refractivity contribution in [1.82, 2.24) is 4.98 Å². The molecule has 0 atom stereocenters. The summed E-state index contributed by atoms with van der Waals surface area (Å²) in [6.07, 6.45) is 1.99. The van der Waals surface area contributed by atoms with Gasteiger partial charge in [-0.2, -0.15) is 0 Å². The zero-order chi connectivity index (χ0) is 14.8. The zero-order valence-electron chi connectivity index (χ0n) is 12.0. The molecule has 0 aliphatic heterocycles. The Balaban J connectivity index is 2.14. The van der Waals surface area contributed by atoms with E-state index in [4.69, 9.17) is 9.52 Å². The van der Waals surface area contributed by atoms with Crippen molar-refractivity contribution >= 4 is 5.97 Å². The molecular weight excluding hydrogens is 254 g/mol. The molecule has 2 rings (SSSR count). The minimum absolute atomic E-state index is 0.0307. The largest absolute Gasteiger partial charge is 0.481 e. The number of hydrogen-bond donors (Lipinski definition) is 1. The number of aryl methyl sites for hydroxylation is 1. The molecule has 0 saturated carbocycles. The zero-order valence-corrected chi connectivity index (χ0v) is 12.0. The Morgan fingerprint density at radius 1 is 1.25 bits per heavy atom. The Bertz CT molecular complexity index is 591. The number of carboxylic acids is 1. The molecule has 0 unspecified atom stereocenters. The summed E-state index contributed by atoms with van der Waals surface area (Å²) in [5, 5.41) is 8.64. The van der Waals surface area contributed by atoms with Crippen molar-refractivity contribution in [3.8, 4) is 11.3 Å². The predicted molar refractivity (Wildman–Crippen MR) is 76.6 cm³/mol. The summed E-state index contributed by atoms with van der Waals surface area (Å²) in [4.78, 5) is 14.6. The standard InChI is InChI=1S/C16H19NO3/c1-16(2,3)12-6-4-11(5-7-12)13-10-17-14(20-13)8-9-15(18)19/h4-7,10H,8-9H2,1-3H3,(H,18,19). The fourth-order valence-electron chi connectivity index (χ4n) is 1.91. The molecule has 0 amide bonds. The molecule has 0 saturated heterocycles. The minimum Gasteiger partial charge on any atom is -0.481 e. The number of carbonyl (C=O) groups is 1. The molecule has 1 heterocycles. The number of oxazole rings is 1. The van der Waals surface area contributed by atoms with E-state index >= 15 is 0 Å². The van der Waals surface area contributed by atoms with Crippen LogP contribution in [0.25, 0.3) is 11.3 Å². The Morgan fingerprint density at radius 3 is 2.45 bits per heavy atom. The summed E-state index contributed by atoms with van der Waals surface area (Å²) < 4.78 is 5.57. The first-order valence-electron chi connectivity index (χ1n) is 6.63. The highest BCUT2D eigenvalue weighted by atomic mass is 16.4.